The molecular formula is C17H24ClFN2O3S. The highest BCUT2D eigenvalue weighted by Gasteiger charge is 2.31. The molecule has 2 fully saturated rings. The van der Waals surface area contributed by atoms with E-state index in [4.69, 9.17) is 16.3 Å². The number of hydrogen-bond donors (Lipinski definition) is 0. The summed E-state index contributed by atoms with van der Waals surface area (Å²) in [5, 5.41) is 0.193. The third-order valence-electron chi connectivity index (χ3n) is 5.04. The van der Waals surface area contributed by atoms with Gasteiger partial charge >= 0.3 is 0 Å². The van der Waals surface area contributed by atoms with Crippen LogP contribution in [0.3, 0.4) is 0 Å². The monoisotopic (exact) mass is 390 g/mol. The number of morpholine rings is 1. The molecule has 1 aromatic carbocycles. The molecule has 1 aromatic rings. The van der Waals surface area contributed by atoms with Gasteiger partial charge in [-0.15, -0.1) is 0 Å². The van der Waals surface area contributed by atoms with E-state index in [1.165, 1.54) is 16.4 Å². The summed E-state index contributed by atoms with van der Waals surface area (Å²) in [5.74, 6) is -0.272. The number of ether oxygens (including phenoxy) is 1. The van der Waals surface area contributed by atoms with E-state index in [0.29, 0.717) is 19.0 Å². The normalized spacial score (nSPS) is 21.5. The van der Waals surface area contributed by atoms with Gasteiger partial charge in [0, 0.05) is 31.2 Å². The molecule has 2 heterocycles. The Morgan fingerprint density at radius 2 is 1.84 bits per heavy atom. The van der Waals surface area contributed by atoms with E-state index in [9.17, 15) is 12.8 Å². The summed E-state index contributed by atoms with van der Waals surface area (Å²) in [5.41, 5.74) is 0. The summed E-state index contributed by atoms with van der Waals surface area (Å²) >= 11 is 5.71. The first kappa shape index (κ1) is 19.0. The summed E-state index contributed by atoms with van der Waals surface area (Å²) in [4.78, 5) is 2.11. The second-order valence-electron chi connectivity index (χ2n) is 6.66. The Balaban J connectivity index is 1.54. The fraction of sp³-hybridized carbons (Fsp3) is 0.647. The van der Waals surface area contributed by atoms with E-state index in [-0.39, 0.29) is 9.92 Å². The molecule has 0 amide bonds. The van der Waals surface area contributed by atoms with Gasteiger partial charge in [0.1, 0.15) is 10.7 Å². The zero-order valence-corrected chi connectivity index (χ0v) is 15.7. The number of rotatable bonds is 5. The molecular weight excluding hydrogens is 367 g/mol. The number of piperidine rings is 1. The summed E-state index contributed by atoms with van der Waals surface area (Å²) in [6, 6.07) is 3.70. The quantitative estimate of drug-likeness (QED) is 0.775. The summed E-state index contributed by atoms with van der Waals surface area (Å²) in [7, 11) is -3.80. The first-order chi connectivity index (χ1) is 12.0. The van der Waals surface area contributed by atoms with E-state index in [1.54, 1.807) is 0 Å². The SMILES string of the molecule is O=S(=O)(c1ccc(Cl)cc1F)N1CCC(CCN2CCOCC2)CC1. The standard InChI is InChI=1S/C17H24ClFN2O3S/c18-15-1-2-17(16(19)13-15)25(22,23)21-7-4-14(5-8-21)3-6-20-9-11-24-12-10-20/h1-2,13-14H,3-12H2. The first-order valence-corrected chi connectivity index (χ1v) is 10.5. The van der Waals surface area contributed by atoms with Gasteiger partial charge in [0.05, 0.1) is 13.2 Å². The molecule has 2 aliphatic heterocycles. The molecule has 0 unspecified atom stereocenters. The lowest BCUT2D eigenvalue weighted by Gasteiger charge is -2.33. The second kappa shape index (κ2) is 8.31. The molecule has 2 aliphatic rings. The average molecular weight is 391 g/mol. The van der Waals surface area contributed by atoms with Crippen molar-refractivity contribution in [2.24, 2.45) is 5.92 Å². The number of halogens is 2. The summed E-state index contributed by atoms with van der Waals surface area (Å²) in [6.07, 6.45) is 2.71. The Morgan fingerprint density at radius 1 is 1.16 bits per heavy atom. The van der Waals surface area contributed by atoms with E-state index in [1.807, 2.05) is 0 Å². The lowest BCUT2D eigenvalue weighted by molar-refractivity contribution is 0.0343. The van der Waals surface area contributed by atoms with Gasteiger partial charge in [-0.1, -0.05) is 11.6 Å². The molecule has 0 bridgehead atoms. The van der Waals surface area contributed by atoms with Crippen molar-refractivity contribution in [1.82, 2.24) is 9.21 Å². The summed E-state index contributed by atoms with van der Waals surface area (Å²) < 4.78 is 46.0. The largest absolute Gasteiger partial charge is 0.379 e. The second-order valence-corrected chi connectivity index (χ2v) is 9.01. The maximum Gasteiger partial charge on any atom is 0.245 e. The molecule has 25 heavy (non-hydrogen) atoms. The smallest absolute Gasteiger partial charge is 0.245 e. The van der Waals surface area contributed by atoms with Crippen molar-refractivity contribution >= 4 is 21.6 Å². The number of hydrogen-bond acceptors (Lipinski definition) is 4. The van der Waals surface area contributed by atoms with Crippen molar-refractivity contribution in [1.29, 1.82) is 0 Å². The van der Waals surface area contributed by atoms with E-state index in [2.05, 4.69) is 4.90 Å². The van der Waals surface area contributed by atoms with Crippen LogP contribution in [0, 0.1) is 11.7 Å². The molecule has 3 rings (SSSR count). The van der Waals surface area contributed by atoms with Gasteiger partial charge in [-0.3, -0.25) is 4.90 Å². The van der Waals surface area contributed by atoms with E-state index < -0.39 is 15.8 Å². The molecule has 0 N–H and O–H groups in total. The highest BCUT2D eigenvalue weighted by atomic mass is 35.5. The number of nitrogens with zero attached hydrogens (tertiary/aromatic N) is 2. The number of sulfonamides is 1. The zero-order chi connectivity index (χ0) is 17.9. The molecule has 0 radical (unpaired) electrons. The highest BCUT2D eigenvalue weighted by molar-refractivity contribution is 7.89. The van der Waals surface area contributed by atoms with Gasteiger partial charge in [0.25, 0.3) is 0 Å². The topological polar surface area (TPSA) is 49.9 Å². The third-order valence-corrected chi connectivity index (χ3v) is 7.21. The van der Waals surface area contributed by atoms with Crippen LogP contribution >= 0.6 is 11.6 Å². The Hall–Kier alpha value is -0.730. The van der Waals surface area contributed by atoms with Crippen molar-refractivity contribution in [2.75, 3.05) is 45.9 Å². The van der Waals surface area contributed by atoms with Crippen LogP contribution in [0.2, 0.25) is 5.02 Å². The Labute approximate surface area is 153 Å². The predicted molar refractivity (Wildman–Crippen MR) is 94.8 cm³/mol. The van der Waals surface area contributed by atoms with E-state index in [0.717, 1.165) is 58.2 Å². The van der Waals surface area contributed by atoms with E-state index >= 15 is 0 Å². The van der Waals surface area contributed by atoms with Crippen molar-refractivity contribution in [2.45, 2.75) is 24.2 Å². The van der Waals surface area contributed by atoms with Crippen molar-refractivity contribution in [3.63, 3.8) is 0 Å². The molecule has 0 spiro atoms. The molecule has 5 nitrogen and oxygen atoms in total. The van der Waals surface area contributed by atoms with Gasteiger partial charge < -0.3 is 4.74 Å². The fourth-order valence-corrected chi connectivity index (χ4v) is 5.13. The van der Waals surface area contributed by atoms with Crippen LogP contribution in [-0.4, -0.2) is 63.6 Å². The maximum absolute atomic E-state index is 14.0. The van der Waals surface area contributed by atoms with Gasteiger partial charge in [-0.25, -0.2) is 12.8 Å². The molecule has 140 valence electrons. The molecule has 0 saturated carbocycles. The zero-order valence-electron chi connectivity index (χ0n) is 14.2. The molecule has 0 atom stereocenters. The molecule has 0 aromatic heterocycles. The fourth-order valence-electron chi connectivity index (χ4n) is 3.45. The van der Waals surface area contributed by atoms with Crippen LogP contribution in [0.4, 0.5) is 4.39 Å². The Bertz CT molecular complexity index is 687. The minimum atomic E-state index is -3.80. The van der Waals surface area contributed by atoms with Crippen molar-refractivity contribution in [3.05, 3.63) is 29.0 Å². The van der Waals surface area contributed by atoms with Crippen LogP contribution < -0.4 is 0 Å². The third kappa shape index (κ3) is 4.71. The van der Waals surface area contributed by atoms with Crippen molar-refractivity contribution in [3.8, 4) is 0 Å². The van der Waals surface area contributed by atoms with Crippen LogP contribution in [0.1, 0.15) is 19.3 Å². The average Bonchev–Trinajstić information content (AvgIpc) is 2.61. The molecule has 8 heteroatoms. The molecule has 2 saturated heterocycles. The van der Waals surface area contributed by atoms with Gasteiger partial charge in [0.2, 0.25) is 10.0 Å². The lowest BCUT2D eigenvalue weighted by atomic mass is 9.94. The predicted octanol–water partition coefficient (Wildman–Crippen LogP) is 2.60. The Morgan fingerprint density at radius 3 is 2.48 bits per heavy atom. The minimum Gasteiger partial charge on any atom is -0.379 e. The van der Waals surface area contributed by atoms with Crippen molar-refractivity contribution < 1.29 is 17.5 Å². The van der Waals surface area contributed by atoms with Gasteiger partial charge in [0.15, 0.2) is 0 Å². The van der Waals surface area contributed by atoms with Crippen LogP contribution in [0.15, 0.2) is 23.1 Å². The Kier molecular flexibility index (Phi) is 6.33. The lowest BCUT2D eigenvalue weighted by Crippen LogP contribution is -2.41. The maximum atomic E-state index is 14.0. The van der Waals surface area contributed by atoms with Gasteiger partial charge in [-0.2, -0.15) is 4.31 Å². The molecule has 0 aliphatic carbocycles. The van der Waals surface area contributed by atoms with Crippen LogP contribution in [0.5, 0.6) is 0 Å². The van der Waals surface area contributed by atoms with Gasteiger partial charge in [-0.05, 0) is 49.9 Å². The van der Waals surface area contributed by atoms with Crippen LogP contribution in [-0.2, 0) is 14.8 Å². The minimum absolute atomic E-state index is 0.193. The van der Waals surface area contributed by atoms with Crippen LogP contribution in [0.25, 0.3) is 0 Å². The summed E-state index contributed by atoms with van der Waals surface area (Å²) in [6.45, 7) is 5.46. The first-order valence-electron chi connectivity index (χ1n) is 8.72. The highest BCUT2D eigenvalue weighted by Crippen LogP contribution is 2.28. The number of benzene rings is 1.